The van der Waals surface area contributed by atoms with E-state index in [1.165, 1.54) is 6.07 Å². The first kappa shape index (κ1) is 14.0. The molecule has 0 fully saturated rings. The molecular formula is C12H15NO5. The number of carbonyl (C=O) groups is 2. The van der Waals surface area contributed by atoms with E-state index in [9.17, 15) is 14.4 Å². The van der Waals surface area contributed by atoms with E-state index in [1.807, 2.05) is 13.8 Å². The average Bonchev–Trinajstić information content (AvgIpc) is 2.28. The number of carboxylic acids is 1. The SMILES string of the molecule is CC(C)C(CC(=O)O)NC(=O)c1ccc(=O)oc1. The average molecular weight is 253 g/mol. The minimum atomic E-state index is -0.978. The van der Waals surface area contributed by atoms with Crippen LogP contribution in [0.2, 0.25) is 0 Å². The highest BCUT2D eigenvalue weighted by Gasteiger charge is 2.20. The fourth-order valence-corrected chi connectivity index (χ4v) is 1.38. The summed E-state index contributed by atoms with van der Waals surface area (Å²) in [6.07, 6.45) is 0.899. The number of nitrogens with one attached hydrogen (secondary N) is 1. The number of amides is 1. The Morgan fingerprint density at radius 1 is 1.39 bits per heavy atom. The number of hydrogen-bond donors (Lipinski definition) is 2. The van der Waals surface area contributed by atoms with Gasteiger partial charge in [0.2, 0.25) is 0 Å². The molecule has 1 heterocycles. The van der Waals surface area contributed by atoms with Crippen molar-refractivity contribution in [1.29, 1.82) is 0 Å². The van der Waals surface area contributed by atoms with E-state index in [1.54, 1.807) is 0 Å². The molecule has 0 bridgehead atoms. The molecule has 0 saturated carbocycles. The van der Waals surface area contributed by atoms with E-state index in [2.05, 4.69) is 9.73 Å². The fourth-order valence-electron chi connectivity index (χ4n) is 1.38. The van der Waals surface area contributed by atoms with E-state index in [4.69, 9.17) is 5.11 Å². The van der Waals surface area contributed by atoms with Crippen LogP contribution in [0.4, 0.5) is 0 Å². The zero-order valence-electron chi connectivity index (χ0n) is 10.2. The van der Waals surface area contributed by atoms with Gasteiger partial charge in [-0.2, -0.15) is 0 Å². The van der Waals surface area contributed by atoms with Crippen LogP contribution in [0.3, 0.4) is 0 Å². The quantitative estimate of drug-likeness (QED) is 0.811. The lowest BCUT2D eigenvalue weighted by molar-refractivity contribution is -0.137. The molecule has 0 saturated heterocycles. The molecule has 1 atom stereocenters. The van der Waals surface area contributed by atoms with Gasteiger partial charge in [-0.25, -0.2) is 4.79 Å². The third-order valence-corrected chi connectivity index (χ3v) is 2.48. The molecule has 0 aliphatic carbocycles. The molecule has 1 aromatic heterocycles. The van der Waals surface area contributed by atoms with Gasteiger partial charge >= 0.3 is 11.6 Å². The molecule has 0 radical (unpaired) electrons. The Labute approximate surface area is 104 Å². The highest BCUT2D eigenvalue weighted by Crippen LogP contribution is 2.07. The summed E-state index contributed by atoms with van der Waals surface area (Å²) in [4.78, 5) is 33.2. The third kappa shape index (κ3) is 4.04. The van der Waals surface area contributed by atoms with Crippen molar-refractivity contribution in [2.45, 2.75) is 26.3 Å². The predicted octanol–water partition coefficient (Wildman–Crippen LogP) is 0.869. The minimum absolute atomic E-state index is 0.0132. The van der Waals surface area contributed by atoms with Gasteiger partial charge in [-0.05, 0) is 12.0 Å². The monoisotopic (exact) mass is 253 g/mol. The van der Waals surface area contributed by atoms with Crippen LogP contribution >= 0.6 is 0 Å². The lowest BCUT2D eigenvalue weighted by Gasteiger charge is -2.20. The maximum Gasteiger partial charge on any atom is 0.335 e. The molecule has 0 spiro atoms. The van der Waals surface area contributed by atoms with Gasteiger partial charge in [0, 0.05) is 12.1 Å². The highest BCUT2D eigenvalue weighted by atomic mass is 16.4. The van der Waals surface area contributed by atoms with Crippen LogP contribution in [-0.2, 0) is 4.79 Å². The van der Waals surface area contributed by atoms with Crippen molar-refractivity contribution >= 4 is 11.9 Å². The Balaban J connectivity index is 2.75. The Morgan fingerprint density at radius 2 is 2.06 bits per heavy atom. The summed E-state index contributed by atoms with van der Waals surface area (Å²) < 4.78 is 4.57. The van der Waals surface area contributed by atoms with E-state index in [0.29, 0.717) is 0 Å². The molecule has 1 unspecified atom stereocenters. The molecule has 6 heteroatoms. The van der Waals surface area contributed by atoms with Crippen molar-refractivity contribution in [1.82, 2.24) is 5.32 Å². The number of hydrogen-bond acceptors (Lipinski definition) is 4. The molecule has 1 rings (SSSR count). The van der Waals surface area contributed by atoms with Crippen molar-refractivity contribution in [3.63, 3.8) is 0 Å². The van der Waals surface area contributed by atoms with Crippen molar-refractivity contribution in [3.8, 4) is 0 Å². The molecule has 0 aliphatic heterocycles. The first-order valence-electron chi connectivity index (χ1n) is 5.51. The van der Waals surface area contributed by atoms with Crippen molar-refractivity contribution in [2.24, 2.45) is 5.92 Å². The van der Waals surface area contributed by atoms with E-state index in [0.717, 1.165) is 12.3 Å². The molecule has 18 heavy (non-hydrogen) atoms. The summed E-state index contributed by atoms with van der Waals surface area (Å²) in [7, 11) is 0. The smallest absolute Gasteiger partial charge is 0.335 e. The molecule has 6 nitrogen and oxygen atoms in total. The maximum atomic E-state index is 11.8. The number of rotatable bonds is 5. The molecule has 0 aromatic carbocycles. The summed E-state index contributed by atoms with van der Waals surface area (Å²) in [5.41, 5.74) is -0.358. The Bertz CT molecular complexity index is 471. The van der Waals surface area contributed by atoms with Crippen LogP contribution in [0.25, 0.3) is 0 Å². The lowest BCUT2D eigenvalue weighted by atomic mass is 10.0. The number of aliphatic carboxylic acids is 1. The zero-order chi connectivity index (χ0) is 13.7. The fraction of sp³-hybridized carbons (Fsp3) is 0.417. The molecular weight excluding hydrogens is 238 g/mol. The van der Waals surface area contributed by atoms with Gasteiger partial charge in [0.15, 0.2) is 0 Å². The number of carboxylic acid groups (broad SMARTS) is 1. The Kier molecular flexibility index (Phi) is 4.65. The highest BCUT2D eigenvalue weighted by molar-refractivity contribution is 5.94. The van der Waals surface area contributed by atoms with Crippen LogP contribution in [0.1, 0.15) is 30.6 Å². The van der Waals surface area contributed by atoms with Crippen molar-refractivity contribution in [3.05, 3.63) is 34.4 Å². The largest absolute Gasteiger partial charge is 0.481 e. The second-order valence-corrected chi connectivity index (χ2v) is 4.27. The van der Waals surface area contributed by atoms with Crippen LogP contribution in [0.5, 0.6) is 0 Å². The third-order valence-electron chi connectivity index (χ3n) is 2.48. The molecule has 1 amide bonds. The van der Waals surface area contributed by atoms with Gasteiger partial charge in [0.25, 0.3) is 5.91 Å². The Morgan fingerprint density at radius 3 is 2.50 bits per heavy atom. The van der Waals surface area contributed by atoms with E-state index < -0.39 is 23.5 Å². The van der Waals surface area contributed by atoms with Crippen LogP contribution < -0.4 is 10.9 Å². The normalized spacial score (nSPS) is 12.2. The second-order valence-electron chi connectivity index (χ2n) is 4.27. The molecule has 0 aliphatic rings. The zero-order valence-corrected chi connectivity index (χ0v) is 10.2. The van der Waals surface area contributed by atoms with E-state index >= 15 is 0 Å². The Hall–Kier alpha value is -2.11. The van der Waals surface area contributed by atoms with Gasteiger partial charge in [-0.1, -0.05) is 13.8 Å². The topological polar surface area (TPSA) is 96.6 Å². The van der Waals surface area contributed by atoms with Gasteiger partial charge in [-0.15, -0.1) is 0 Å². The van der Waals surface area contributed by atoms with Crippen LogP contribution in [-0.4, -0.2) is 23.0 Å². The first-order chi connectivity index (χ1) is 8.40. The van der Waals surface area contributed by atoms with Crippen molar-refractivity contribution in [2.75, 3.05) is 0 Å². The maximum absolute atomic E-state index is 11.8. The summed E-state index contributed by atoms with van der Waals surface area (Å²) in [5, 5.41) is 11.3. The summed E-state index contributed by atoms with van der Waals surface area (Å²) >= 11 is 0. The summed E-state index contributed by atoms with van der Waals surface area (Å²) in [6, 6.07) is 2.00. The molecule has 2 N–H and O–H groups in total. The summed E-state index contributed by atoms with van der Waals surface area (Å²) in [5.74, 6) is -1.45. The number of carbonyl (C=O) groups excluding carboxylic acids is 1. The first-order valence-corrected chi connectivity index (χ1v) is 5.51. The standard InChI is InChI=1S/C12H15NO5/c1-7(2)9(5-10(14)15)13-12(17)8-3-4-11(16)18-6-8/h3-4,6-7,9H,5H2,1-2H3,(H,13,17)(H,14,15). The van der Waals surface area contributed by atoms with Gasteiger partial charge in [0.05, 0.1) is 12.0 Å². The predicted molar refractivity (Wildman–Crippen MR) is 63.3 cm³/mol. The van der Waals surface area contributed by atoms with Crippen molar-refractivity contribution < 1.29 is 19.1 Å². The second kappa shape index (κ2) is 6.00. The lowest BCUT2D eigenvalue weighted by Crippen LogP contribution is -2.40. The molecule has 98 valence electrons. The van der Waals surface area contributed by atoms with Crippen LogP contribution in [0, 0.1) is 5.92 Å². The van der Waals surface area contributed by atoms with E-state index in [-0.39, 0.29) is 17.9 Å². The van der Waals surface area contributed by atoms with Crippen LogP contribution in [0.15, 0.2) is 27.6 Å². The minimum Gasteiger partial charge on any atom is -0.481 e. The summed E-state index contributed by atoms with van der Waals surface area (Å²) in [6.45, 7) is 3.64. The van der Waals surface area contributed by atoms with Gasteiger partial charge < -0.3 is 14.8 Å². The van der Waals surface area contributed by atoms with Gasteiger partial charge in [-0.3, -0.25) is 9.59 Å². The molecule has 1 aromatic rings. The van der Waals surface area contributed by atoms with Gasteiger partial charge in [0.1, 0.15) is 6.26 Å².